The number of hydrogen-bond donors (Lipinski definition) is 0. The molecule has 0 radical (unpaired) electrons. The van der Waals surface area contributed by atoms with Crippen molar-refractivity contribution in [3.8, 4) is 0 Å². The molecule has 0 saturated carbocycles. The minimum Gasteiger partial charge on any atom is -0.423 e. The lowest BCUT2D eigenvalue weighted by atomic mass is 10.1. The van der Waals surface area contributed by atoms with Crippen molar-refractivity contribution < 1.29 is 12.8 Å². The highest BCUT2D eigenvalue weighted by Crippen LogP contribution is 2.22. The third-order valence-corrected chi connectivity index (χ3v) is 6.10. The summed E-state index contributed by atoms with van der Waals surface area (Å²) in [5.74, 6) is 0. The predicted molar refractivity (Wildman–Crippen MR) is 105 cm³/mol. The van der Waals surface area contributed by atoms with E-state index in [4.69, 9.17) is 4.42 Å². The van der Waals surface area contributed by atoms with E-state index in [2.05, 4.69) is 0 Å². The van der Waals surface area contributed by atoms with Crippen molar-refractivity contribution in [2.75, 3.05) is 21.1 Å². The van der Waals surface area contributed by atoms with Gasteiger partial charge in [0, 0.05) is 31.6 Å². The number of fused-ring (bicyclic) bond motifs is 1. The second-order valence-corrected chi connectivity index (χ2v) is 8.77. The minimum atomic E-state index is -3.68. The van der Waals surface area contributed by atoms with Gasteiger partial charge >= 0.3 is 5.63 Å². The predicted octanol–water partition coefficient (Wildman–Crippen LogP) is 2.68. The van der Waals surface area contributed by atoms with Crippen LogP contribution in [-0.4, -0.2) is 38.8 Å². The van der Waals surface area contributed by atoms with Crippen LogP contribution in [0.3, 0.4) is 0 Å². The van der Waals surface area contributed by atoms with E-state index < -0.39 is 15.6 Å². The van der Waals surface area contributed by atoms with Crippen LogP contribution >= 0.6 is 0 Å². The number of benzene rings is 2. The maximum Gasteiger partial charge on any atom is 0.336 e. The van der Waals surface area contributed by atoms with Crippen LogP contribution in [0, 0.1) is 0 Å². The topological polar surface area (TPSA) is 70.8 Å². The van der Waals surface area contributed by atoms with Crippen molar-refractivity contribution in [3.63, 3.8) is 0 Å². The normalized spacial score (nSPS) is 12.2. The maximum absolute atomic E-state index is 13.0. The molecule has 2 aromatic carbocycles. The molecule has 0 bridgehead atoms. The first-order chi connectivity index (χ1) is 12.8. The molecule has 0 saturated heterocycles. The number of rotatable bonds is 6. The van der Waals surface area contributed by atoms with Gasteiger partial charge in [0.25, 0.3) is 0 Å². The molecule has 3 rings (SSSR count). The standard InChI is InChI=1S/C20H22N2O4S/c1-21(2)13-16-6-4-5-7-17(16)14-22(3)27(24,25)18-9-10-19-15(12-18)8-11-20(23)26-19/h4-12H,13-14H2,1-3H3. The van der Waals surface area contributed by atoms with Crippen LogP contribution in [0.25, 0.3) is 11.0 Å². The summed E-state index contributed by atoms with van der Waals surface area (Å²) in [5.41, 5.74) is 1.95. The van der Waals surface area contributed by atoms with Gasteiger partial charge in [0.05, 0.1) is 4.90 Å². The van der Waals surface area contributed by atoms with Crippen LogP contribution < -0.4 is 5.63 Å². The molecule has 1 heterocycles. The van der Waals surface area contributed by atoms with Crippen molar-refractivity contribution in [2.24, 2.45) is 0 Å². The molecule has 3 aromatic rings. The molecule has 0 fully saturated rings. The summed E-state index contributed by atoms with van der Waals surface area (Å²) in [6.07, 6.45) is 0. The summed E-state index contributed by atoms with van der Waals surface area (Å²) in [6.45, 7) is 1.01. The number of hydrogen-bond acceptors (Lipinski definition) is 5. The molecule has 1 aromatic heterocycles. The first kappa shape index (κ1) is 19.3. The Morgan fingerprint density at radius 1 is 0.889 bits per heavy atom. The van der Waals surface area contributed by atoms with Crippen molar-refractivity contribution >= 4 is 21.0 Å². The summed E-state index contributed by atoms with van der Waals surface area (Å²) < 4.78 is 32.4. The lowest BCUT2D eigenvalue weighted by Gasteiger charge is -2.20. The maximum atomic E-state index is 13.0. The van der Waals surface area contributed by atoms with E-state index in [1.807, 2.05) is 43.3 Å². The molecule has 6 nitrogen and oxygen atoms in total. The fourth-order valence-corrected chi connectivity index (χ4v) is 4.11. The highest BCUT2D eigenvalue weighted by atomic mass is 32.2. The second-order valence-electron chi connectivity index (χ2n) is 6.72. The van der Waals surface area contributed by atoms with Gasteiger partial charge in [0.1, 0.15) is 5.58 Å². The van der Waals surface area contributed by atoms with Crippen LogP contribution in [0.5, 0.6) is 0 Å². The van der Waals surface area contributed by atoms with E-state index in [9.17, 15) is 13.2 Å². The smallest absolute Gasteiger partial charge is 0.336 e. The average Bonchev–Trinajstić information content (AvgIpc) is 2.62. The van der Waals surface area contributed by atoms with Crippen LogP contribution in [0.2, 0.25) is 0 Å². The van der Waals surface area contributed by atoms with Gasteiger partial charge in [0.15, 0.2) is 0 Å². The van der Waals surface area contributed by atoms with Crippen LogP contribution in [0.15, 0.2) is 68.7 Å². The third-order valence-electron chi connectivity index (χ3n) is 4.30. The Hall–Kier alpha value is -2.48. The fraction of sp³-hybridized carbons (Fsp3) is 0.250. The molecule has 0 N–H and O–H groups in total. The van der Waals surface area contributed by atoms with E-state index >= 15 is 0 Å². The van der Waals surface area contributed by atoms with E-state index in [1.54, 1.807) is 13.1 Å². The molecule has 0 amide bonds. The van der Waals surface area contributed by atoms with Gasteiger partial charge in [-0.3, -0.25) is 0 Å². The van der Waals surface area contributed by atoms with Gasteiger partial charge in [-0.15, -0.1) is 0 Å². The molecule has 0 spiro atoms. The first-order valence-electron chi connectivity index (χ1n) is 8.49. The van der Waals surface area contributed by atoms with Gasteiger partial charge < -0.3 is 9.32 Å². The zero-order valence-corrected chi connectivity index (χ0v) is 16.4. The van der Waals surface area contributed by atoms with E-state index in [-0.39, 0.29) is 11.4 Å². The lowest BCUT2D eigenvalue weighted by molar-refractivity contribution is 0.397. The number of nitrogens with zero attached hydrogens (tertiary/aromatic N) is 2. The van der Waals surface area contributed by atoms with E-state index in [1.165, 1.54) is 28.6 Å². The fourth-order valence-electron chi connectivity index (χ4n) is 2.92. The zero-order chi connectivity index (χ0) is 19.6. The van der Waals surface area contributed by atoms with Crippen molar-refractivity contribution in [3.05, 3.63) is 76.1 Å². The van der Waals surface area contributed by atoms with Crippen molar-refractivity contribution in [1.82, 2.24) is 9.21 Å². The highest BCUT2D eigenvalue weighted by Gasteiger charge is 2.22. The molecule has 7 heteroatoms. The lowest BCUT2D eigenvalue weighted by Crippen LogP contribution is -2.27. The van der Waals surface area contributed by atoms with Gasteiger partial charge in [0.2, 0.25) is 10.0 Å². The Kier molecular flexibility index (Phi) is 5.46. The summed E-state index contributed by atoms with van der Waals surface area (Å²) in [5, 5.41) is 0.567. The minimum absolute atomic E-state index is 0.163. The Labute approximate surface area is 158 Å². The third kappa shape index (κ3) is 4.27. The molecule has 0 aliphatic rings. The van der Waals surface area contributed by atoms with Gasteiger partial charge in [-0.05, 0) is 49.5 Å². The van der Waals surface area contributed by atoms with Crippen LogP contribution in [0.1, 0.15) is 11.1 Å². The Morgan fingerprint density at radius 3 is 2.22 bits per heavy atom. The highest BCUT2D eigenvalue weighted by molar-refractivity contribution is 7.89. The van der Waals surface area contributed by atoms with Crippen LogP contribution in [0.4, 0.5) is 0 Å². The Bertz CT molecular complexity index is 1120. The summed E-state index contributed by atoms with van der Waals surface area (Å²) >= 11 is 0. The number of sulfonamides is 1. The van der Waals surface area contributed by atoms with E-state index in [0.29, 0.717) is 11.0 Å². The molecule has 27 heavy (non-hydrogen) atoms. The Balaban J connectivity index is 1.91. The molecule has 0 unspecified atom stereocenters. The molecule has 0 atom stereocenters. The monoisotopic (exact) mass is 386 g/mol. The first-order valence-corrected chi connectivity index (χ1v) is 9.93. The van der Waals surface area contributed by atoms with Gasteiger partial charge in [-0.25, -0.2) is 13.2 Å². The molecular formula is C20H22N2O4S. The van der Waals surface area contributed by atoms with Crippen molar-refractivity contribution in [2.45, 2.75) is 18.0 Å². The van der Waals surface area contributed by atoms with Crippen LogP contribution in [-0.2, 0) is 23.1 Å². The van der Waals surface area contributed by atoms with Gasteiger partial charge in [-0.1, -0.05) is 24.3 Å². The Morgan fingerprint density at radius 2 is 1.56 bits per heavy atom. The molecule has 0 aliphatic heterocycles. The van der Waals surface area contributed by atoms with Gasteiger partial charge in [-0.2, -0.15) is 4.31 Å². The summed E-state index contributed by atoms with van der Waals surface area (Å²) in [6, 6.07) is 15.2. The van der Waals surface area contributed by atoms with E-state index in [0.717, 1.165) is 17.7 Å². The largest absolute Gasteiger partial charge is 0.423 e. The van der Waals surface area contributed by atoms with Crippen molar-refractivity contribution in [1.29, 1.82) is 0 Å². The second kappa shape index (κ2) is 7.64. The summed E-state index contributed by atoms with van der Waals surface area (Å²) in [7, 11) is 1.84. The molecule has 142 valence electrons. The molecule has 0 aliphatic carbocycles. The summed E-state index contributed by atoms with van der Waals surface area (Å²) in [4.78, 5) is 13.5. The zero-order valence-electron chi connectivity index (χ0n) is 15.5. The average molecular weight is 386 g/mol. The quantitative estimate of drug-likeness (QED) is 0.609. The molecular weight excluding hydrogens is 364 g/mol. The SMILES string of the molecule is CN(C)Cc1ccccc1CN(C)S(=O)(=O)c1ccc2oc(=O)ccc2c1.